The summed E-state index contributed by atoms with van der Waals surface area (Å²) in [5.41, 5.74) is 2.26. The van der Waals surface area contributed by atoms with E-state index in [1.54, 1.807) is 30.3 Å². The standard InChI is InChI=1S/C23H15FN2O2S2/c24-17-9-11-18(12-10-17)25-21(27)16-7-4-8-19(14-16)26-22(28)20(30-23(26)29)13-15-5-2-1-3-6-15/h1-14H,(H,25,27)/b20-13+. The van der Waals surface area contributed by atoms with E-state index in [0.717, 1.165) is 5.56 Å². The lowest BCUT2D eigenvalue weighted by molar-refractivity contribution is -0.113. The maximum Gasteiger partial charge on any atom is 0.270 e. The first-order valence-electron chi connectivity index (χ1n) is 9.01. The van der Waals surface area contributed by atoms with Crippen LogP contribution in [-0.2, 0) is 4.79 Å². The number of amides is 2. The molecule has 1 heterocycles. The second kappa shape index (κ2) is 8.61. The van der Waals surface area contributed by atoms with Crippen LogP contribution in [-0.4, -0.2) is 16.1 Å². The molecule has 3 aromatic carbocycles. The van der Waals surface area contributed by atoms with Gasteiger partial charge in [-0.25, -0.2) is 4.39 Å². The van der Waals surface area contributed by atoms with Crippen LogP contribution in [0.4, 0.5) is 15.8 Å². The molecule has 2 amide bonds. The molecule has 30 heavy (non-hydrogen) atoms. The third kappa shape index (κ3) is 4.32. The third-order valence-electron chi connectivity index (χ3n) is 4.36. The average molecular weight is 435 g/mol. The first-order valence-corrected chi connectivity index (χ1v) is 10.2. The Morgan fingerprint density at radius 1 is 1.00 bits per heavy atom. The molecule has 0 spiro atoms. The molecule has 1 aliphatic rings. The number of nitrogens with zero attached hydrogens (tertiary/aromatic N) is 1. The van der Waals surface area contributed by atoms with Gasteiger partial charge in [-0.1, -0.05) is 60.4 Å². The van der Waals surface area contributed by atoms with Crippen LogP contribution in [0.2, 0.25) is 0 Å². The van der Waals surface area contributed by atoms with Gasteiger partial charge in [0, 0.05) is 11.3 Å². The first kappa shape index (κ1) is 20.0. The molecular formula is C23H15FN2O2S2. The quantitative estimate of drug-likeness (QED) is 0.436. The van der Waals surface area contributed by atoms with Gasteiger partial charge in [0.15, 0.2) is 4.32 Å². The van der Waals surface area contributed by atoms with E-state index in [1.807, 2.05) is 30.3 Å². The maximum atomic E-state index is 13.0. The minimum Gasteiger partial charge on any atom is -0.322 e. The topological polar surface area (TPSA) is 49.4 Å². The second-order valence-corrected chi connectivity index (χ2v) is 8.11. The number of nitrogens with one attached hydrogen (secondary N) is 1. The zero-order chi connectivity index (χ0) is 21.1. The summed E-state index contributed by atoms with van der Waals surface area (Å²) in [6.45, 7) is 0. The Labute approximate surface area is 182 Å². The molecule has 7 heteroatoms. The van der Waals surface area contributed by atoms with Gasteiger partial charge in [0.25, 0.3) is 11.8 Å². The van der Waals surface area contributed by atoms with Crippen molar-refractivity contribution >= 4 is 57.6 Å². The Bertz CT molecular complexity index is 1160. The Morgan fingerprint density at radius 3 is 2.47 bits per heavy atom. The third-order valence-corrected chi connectivity index (χ3v) is 5.66. The van der Waals surface area contributed by atoms with Crippen molar-refractivity contribution in [3.8, 4) is 0 Å². The monoisotopic (exact) mass is 434 g/mol. The fourth-order valence-corrected chi connectivity index (χ4v) is 4.21. The molecule has 1 aliphatic heterocycles. The van der Waals surface area contributed by atoms with Crippen LogP contribution in [0.3, 0.4) is 0 Å². The van der Waals surface area contributed by atoms with E-state index >= 15 is 0 Å². The SMILES string of the molecule is O=C(Nc1ccc(F)cc1)c1cccc(N2C(=O)/C(=C\c3ccccc3)SC2=S)c1. The molecule has 1 fully saturated rings. The van der Waals surface area contributed by atoms with Crippen molar-refractivity contribution in [2.45, 2.75) is 0 Å². The van der Waals surface area contributed by atoms with Crippen LogP contribution in [0, 0.1) is 5.82 Å². The molecule has 0 unspecified atom stereocenters. The predicted molar refractivity (Wildman–Crippen MR) is 123 cm³/mol. The van der Waals surface area contributed by atoms with Crippen molar-refractivity contribution in [3.05, 3.63) is 101 Å². The van der Waals surface area contributed by atoms with Crippen molar-refractivity contribution < 1.29 is 14.0 Å². The zero-order valence-electron chi connectivity index (χ0n) is 15.5. The highest BCUT2D eigenvalue weighted by Crippen LogP contribution is 2.36. The van der Waals surface area contributed by atoms with E-state index < -0.39 is 0 Å². The van der Waals surface area contributed by atoms with Gasteiger partial charge in [-0.3, -0.25) is 14.5 Å². The van der Waals surface area contributed by atoms with Gasteiger partial charge >= 0.3 is 0 Å². The number of hydrogen-bond acceptors (Lipinski definition) is 4. The summed E-state index contributed by atoms with van der Waals surface area (Å²) >= 11 is 6.63. The van der Waals surface area contributed by atoms with Gasteiger partial charge in [0.05, 0.1) is 10.6 Å². The molecule has 148 valence electrons. The zero-order valence-corrected chi connectivity index (χ0v) is 17.2. The number of halogens is 1. The second-order valence-electron chi connectivity index (χ2n) is 6.44. The molecule has 0 radical (unpaired) electrons. The van der Waals surface area contributed by atoms with Crippen molar-refractivity contribution in [1.82, 2.24) is 0 Å². The van der Waals surface area contributed by atoms with Crippen molar-refractivity contribution in [3.63, 3.8) is 0 Å². The minimum atomic E-state index is -0.382. The first-order chi connectivity index (χ1) is 14.5. The molecule has 4 nitrogen and oxygen atoms in total. The molecule has 0 bridgehead atoms. The average Bonchev–Trinajstić information content (AvgIpc) is 3.03. The van der Waals surface area contributed by atoms with Gasteiger partial charge in [0.1, 0.15) is 5.82 Å². The predicted octanol–water partition coefficient (Wildman–Crippen LogP) is 5.48. The van der Waals surface area contributed by atoms with Gasteiger partial charge in [-0.15, -0.1) is 0 Å². The summed E-state index contributed by atoms with van der Waals surface area (Å²) in [5, 5.41) is 2.71. The van der Waals surface area contributed by atoms with E-state index in [9.17, 15) is 14.0 Å². The highest BCUT2D eigenvalue weighted by atomic mass is 32.2. The number of carbonyl (C=O) groups excluding carboxylic acids is 2. The summed E-state index contributed by atoms with van der Waals surface area (Å²) in [6, 6.07) is 21.7. The number of benzene rings is 3. The summed E-state index contributed by atoms with van der Waals surface area (Å²) < 4.78 is 13.4. The number of rotatable bonds is 4. The molecule has 0 atom stereocenters. The molecule has 0 aromatic heterocycles. The maximum absolute atomic E-state index is 13.0. The summed E-state index contributed by atoms with van der Waals surface area (Å²) in [6.07, 6.45) is 1.80. The Balaban J connectivity index is 1.56. The van der Waals surface area contributed by atoms with E-state index in [0.29, 0.717) is 26.2 Å². The number of anilines is 2. The van der Waals surface area contributed by atoms with E-state index in [2.05, 4.69) is 5.32 Å². The summed E-state index contributed by atoms with van der Waals surface area (Å²) in [7, 11) is 0. The Kier molecular flexibility index (Phi) is 5.74. The lowest BCUT2D eigenvalue weighted by Crippen LogP contribution is -2.27. The van der Waals surface area contributed by atoms with E-state index in [4.69, 9.17) is 12.2 Å². The van der Waals surface area contributed by atoms with Crippen molar-refractivity contribution in [2.24, 2.45) is 0 Å². The number of thiocarbonyl (C=S) groups is 1. The van der Waals surface area contributed by atoms with Crippen LogP contribution in [0.1, 0.15) is 15.9 Å². The van der Waals surface area contributed by atoms with Crippen LogP contribution in [0.5, 0.6) is 0 Å². The number of carbonyl (C=O) groups is 2. The van der Waals surface area contributed by atoms with Crippen LogP contribution < -0.4 is 10.2 Å². The molecule has 4 rings (SSSR count). The van der Waals surface area contributed by atoms with Gasteiger partial charge < -0.3 is 5.32 Å². The molecule has 1 saturated heterocycles. The van der Waals surface area contributed by atoms with Gasteiger partial charge in [-0.05, 0) is 54.1 Å². The van der Waals surface area contributed by atoms with Crippen LogP contribution in [0.25, 0.3) is 6.08 Å². The van der Waals surface area contributed by atoms with Crippen molar-refractivity contribution in [2.75, 3.05) is 10.2 Å². The fourth-order valence-electron chi connectivity index (χ4n) is 2.91. The number of thioether (sulfide) groups is 1. The lowest BCUT2D eigenvalue weighted by atomic mass is 10.1. The fraction of sp³-hybridized carbons (Fsp3) is 0. The minimum absolute atomic E-state index is 0.232. The molecule has 0 aliphatic carbocycles. The normalized spacial score (nSPS) is 15.0. The number of hydrogen-bond donors (Lipinski definition) is 1. The van der Waals surface area contributed by atoms with Crippen molar-refractivity contribution in [1.29, 1.82) is 0 Å². The molecule has 1 N–H and O–H groups in total. The molecular weight excluding hydrogens is 419 g/mol. The van der Waals surface area contributed by atoms with Gasteiger partial charge in [-0.2, -0.15) is 0 Å². The largest absolute Gasteiger partial charge is 0.322 e. The Morgan fingerprint density at radius 2 is 1.73 bits per heavy atom. The highest BCUT2D eigenvalue weighted by Gasteiger charge is 2.33. The smallest absolute Gasteiger partial charge is 0.270 e. The van der Waals surface area contributed by atoms with Crippen LogP contribution >= 0.6 is 24.0 Å². The molecule has 0 saturated carbocycles. The summed E-state index contributed by atoms with van der Waals surface area (Å²) in [4.78, 5) is 27.5. The van der Waals surface area contributed by atoms with E-state index in [1.165, 1.54) is 40.9 Å². The summed E-state index contributed by atoms with van der Waals surface area (Å²) in [5.74, 6) is -0.980. The highest BCUT2D eigenvalue weighted by molar-refractivity contribution is 8.27. The lowest BCUT2D eigenvalue weighted by Gasteiger charge is -2.15. The van der Waals surface area contributed by atoms with Crippen LogP contribution in [0.15, 0.2) is 83.8 Å². The molecule has 3 aromatic rings. The van der Waals surface area contributed by atoms with Gasteiger partial charge in [0.2, 0.25) is 0 Å². The van der Waals surface area contributed by atoms with E-state index in [-0.39, 0.29) is 17.6 Å². The Hall–Kier alpha value is -3.29.